The molecular formula is C25H18N2OS. The summed E-state index contributed by atoms with van der Waals surface area (Å²) in [5, 5.41) is 3.43. The molecular weight excluding hydrogens is 376 g/mol. The molecule has 4 aromatic rings. The van der Waals surface area contributed by atoms with E-state index in [1.54, 1.807) is 11.8 Å². The van der Waals surface area contributed by atoms with Crippen LogP contribution in [0.3, 0.4) is 0 Å². The molecule has 5 rings (SSSR count). The Bertz CT molecular complexity index is 1220. The van der Waals surface area contributed by atoms with Crippen LogP contribution in [-0.4, -0.2) is 5.91 Å². The van der Waals surface area contributed by atoms with Crippen LogP contribution in [0.4, 0.5) is 11.4 Å². The van der Waals surface area contributed by atoms with Crippen LogP contribution in [0, 0.1) is 0 Å². The summed E-state index contributed by atoms with van der Waals surface area (Å²) < 4.78 is 0. The van der Waals surface area contributed by atoms with E-state index in [4.69, 9.17) is 5.73 Å². The number of nitrogens with two attached hydrogens (primary N) is 1. The maximum absolute atomic E-state index is 12.2. The predicted molar refractivity (Wildman–Crippen MR) is 120 cm³/mol. The van der Waals surface area contributed by atoms with Gasteiger partial charge in [-0.2, -0.15) is 0 Å². The van der Waals surface area contributed by atoms with Crippen molar-refractivity contribution in [2.75, 3.05) is 5.32 Å². The monoisotopic (exact) mass is 394 g/mol. The number of hydrogen-bond acceptors (Lipinski definition) is 3. The van der Waals surface area contributed by atoms with Crippen LogP contribution in [0.25, 0.3) is 22.3 Å². The van der Waals surface area contributed by atoms with E-state index in [-0.39, 0.29) is 0 Å². The van der Waals surface area contributed by atoms with Gasteiger partial charge in [-0.25, -0.2) is 0 Å². The number of fused-ring (bicyclic) bond motifs is 2. The van der Waals surface area contributed by atoms with Crippen LogP contribution in [0.5, 0.6) is 0 Å². The number of nitrogens with one attached hydrogen (secondary N) is 1. The minimum atomic E-state index is -0.434. The number of amides is 1. The van der Waals surface area contributed by atoms with E-state index in [1.807, 2.05) is 54.6 Å². The Kier molecular flexibility index (Phi) is 4.34. The standard InChI is InChI=1S/C25H18N2OS/c26-25(28)20-13-19(17-9-5-2-6-10-17)15-23-24(20)27-21-12-11-18(14-22(21)29-23)16-7-3-1-4-8-16/h1-15,27H,(H2,26,28). The summed E-state index contributed by atoms with van der Waals surface area (Å²) in [6.07, 6.45) is 0. The summed E-state index contributed by atoms with van der Waals surface area (Å²) in [5.74, 6) is -0.434. The fourth-order valence-corrected chi connectivity index (χ4v) is 4.69. The molecule has 4 aromatic carbocycles. The van der Waals surface area contributed by atoms with Gasteiger partial charge in [-0.15, -0.1) is 0 Å². The van der Waals surface area contributed by atoms with Crippen LogP contribution in [0.1, 0.15) is 10.4 Å². The van der Waals surface area contributed by atoms with Gasteiger partial charge in [-0.3, -0.25) is 4.79 Å². The highest BCUT2D eigenvalue weighted by atomic mass is 32.2. The maximum atomic E-state index is 12.2. The highest BCUT2D eigenvalue weighted by Crippen LogP contribution is 2.48. The Morgan fingerprint density at radius 3 is 1.97 bits per heavy atom. The average Bonchev–Trinajstić information content (AvgIpc) is 2.77. The van der Waals surface area contributed by atoms with Crippen LogP contribution in [-0.2, 0) is 0 Å². The molecule has 0 fully saturated rings. The molecule has 0 saturated heterocycles. The molecule has 0 atom stereocenters. The SMILES string of the molecule is NC(=O)c1cc(-c2ccccc2)cc2c1Nc1ccc(-c3ccccc3)cc1S2. The van der Waals surface area contributed by atoms with Gasteiger partial charge in [0.2, 0.25) is 0 Å². The first-order chi connectivity index (χ1) is 14.2. The van der Waals surface area contributed by atoms with Crippen molar-refractivity contribution in [1.29, 1.82) is 0 Å². The van der Waals surface area contributed by atoms with E-state index in [0.29, 0.717) is 5.56 Å². The van der Waals surface area contributed by atoms with E-state index >= 15 is 0 Å². The van der Waals surface area contributed by atoms with Crippen molar-refractivity contribution < 1.29 is 4.79 Å². The van der Waals surface area contributed by atoms with E-state index in [9.17, 15) is 4.79 Å². The normalized spacial score (nSPS) is 11.9. The Morgan fingerprint density at radius 1 is 0.690 bits per heavy atom. The van der Waals surface area contributed by atoms with Crippen LogP contribution in [0.2, 0.25) is 0 Å². The fraction of sp³-hybridized carbons (Fsp3) is 0. The number of benzene rings is 4. The molecule has 1 heterocycles. The fourth-order valence-electron chi connectivity index (χ4n) is 3.59. The van der Waals surface area contributed by atoms with Crippen molar-refractivity contribution in [3.05, 3.63) is 96.6 Å². The van der Waals surface area contributed by atoms with Crippen molar-refractivity contribution in [2.24, 2.45) is 5.73 Å². The topological polar surface area (TPSA) is 55.1 Å². The zero-order chi connectivity index (χ0) is 19.8. The molecule has 1 aliphatic rings. The molecule has 29 heavy (non-hydrogen) atoms. The van der Waals surface area contributed by atoms with Gasteiger partial charge in [0.15, 0.2) is 0 Å². The predicted octanol–water partition coefficient (Wildman–Crippen LogP) is 6.33. The lowest BCUT2D eigenvalue weighted by atomic mass is 10.0. The Labute approximate surface area is 173 Å². The number of hydrogen-bond donors (Lipinski definition) is 2. The summed E-state index contributed by atoms with van der Waals surface area (Å²) in [6, 6.07) is 30.7. The van der Waals surface area contributed by atoms with Gasteiger partial charge in [0.1, 0.15) is 0 Å². The number of primary amides is 1. The van der Waals surface area contributed by atoms with Gasteiger partial charge in [0.25, 0.3) is 5.91 Å². The molecule has 0 radical (unpaired) electrons. The van der Waals surface area contributed by atoms with Crippen molar-refractivity contribution in [2.45, 2.75) is 9.79 Å². The van der Waals surface area contributed by atoms with Crippen molar-refractivity contribution in [3.8, 4) is 22.3 Å². The molecule has 0 bridgehead atoms. The molecule has 0 spiro atoms. The molecule has 3 nitrogen and oxygen atoms in total. The third-order valence-electron chi connectivity index (χ3n) is 5.04. The van der Waals surface area contributed by atoms with Gasteiger partial charge < -0.3 is 11.1 Å². The van der Waals surface area contributed by atoms with Crippen LogP contribution >= 0.6 is 11.8 Å². The third kappa shape index (κ3) is 3.28. The molecule has 0 unspecified atom stereocenters. The molecule has 1 amide bonds. The summed E-state index contributed by atoms with van der Waals surface area (Å²) in [5.41, 5.74) is 12.4. The second kappa shape index (κ2) is 7.15. The number of carbonyl (C=O) groups is 1. The summed E-state index contributed by atoms with van der Waals surface area (Å²) in [4.78, 5) is 14.3. The quantitative estimate of drug-likeness (QED) is 0.376. The molecule has 140 valence electrons. The molecule has 0 saturated carbocycles. The lowest BCUT2D eigenvalue weighted by Gasteiger charge is -2.24. The Morgan fingerprint density at radius 2 is 1.31 bits per heavy atom. The Hall–Kier alpha value is -3.50. The second-order valence-electron chi connectivity index (χ2n) is 6.93. The summed E-state index contributed by atoms with van der Waals surface area (Å²) in [6.45, 7) is 0. The molecule has 0 aromatic heterocycles. The van der Waals surface area contributed by atoms with Gasteiger partial charge in [0.05, 0.1) is 16.9 Å². The summed E-state index contributed by atoms with van der Waals surface area (Å²) >= 11 is 1.66. The Balaban J connectivity index is 1.61. The minimum absolute atomic E-state index is 0.434. The summed E-state index contributed by atoms with van der Waals surface area (Å²) in [7, 11) is 0. The zero-order valence-electron chi connectivity index (χ0n) is 15.6. The van der Waals surface area contributed by atoms with Crippen molar-refractivity contribution in [3.63, 3.8) is 0 Å². The van der Waals surface area contributed by atoms with Gasteiger partial charge in [-0.05, 0) is 46.5 Å². The number of rotatable bonds is 3. The highest BCUT2D eigenvalue weighted by molar-refractivity contribution is 7.99. The third-order valence-corrected chi connectivity index (χ3v) is 6.14. The smallest absolute Gasteiger partial charge is 0.250 e. The molecule has 0 aliphatic carbocycles. The van der Waals surface area contributed by atoms with Gasteiger partial charge in [-0.1, -0.05) is 78.5 Å². The minimum Gasteiger partial charge on any atom is -0.366 e. The van der Waals surface area contributed by atoms with Crippen molar-refractivity contribution in [1.82, 2.24) is 0 Å². The molecule has 4 heteroatoms. The molecule has 3 N–H and O–H groups in total. The van der Waals surface area contributed by atoms with Gasteiger partial charge in [0, 0.05) is 9.79 Å². The van der Waals surface area contributed by atoms with E-state index in [2.05, 4.69) is 41.7 Å². The average molecular weight is 394 g/mol. The first-order valence-corrected chi connectivity index (χ1v) is 10.2. The lowest BCUT2D eigenvalue weighted by Crippen LogP contribution is -2.15. The first-order valence-electron chi connectivity index (χ1n) is 9.37. The van der Waals surface area contributed by atoms with Crippen LogP contribution < -0.4 is 11.1 Å². The van der Waals surface area contributed by atoms with Crippen molar-refractivity contribution >= 4 is 29.0 Å². The molecule has 1 aliphatic heterocycles. The maximum Gasteiger partial charge on any atom is 0.250 e. The first kappa shape index (κ1) is 17.6. The number of anilines is 2. The second-order valence-corrected chi connectivity index (χ2v) is 8.02. The number of carbonyl (C=O) groups excluding carboxylic acids is 1. The van der Waals surface area contributed by atoms with E-state index in [0.717, 1.165) is 37.9 Å². The lowest BCUT2D eigenvalue weighted by molar-refractivity contribution is 0.100. The highest BCUT2D eigenvalue weighted by Gasteiger charge is 2.22. The van der Waals surface area contributed by atoms with Crippen LogP contribution in [0.15, 0.2) is 101 Å². The zero-order valence-corrected chi connectivity index (χ0v) is 16.4. The van der Waals surface area contributed by atoms with E-state index in [1.165, 1.54) is 5.56 Å². The van der Waals surface area contributed by atoms with E-state index < -0.39 is 5.91 Å². The van der Waals surface area contributed by atoms with Gasteiger partial charge >= 0.3 is 0 Å². The largest absolute Gasteiger partial charge is 0.366 e.